The lowest BCUT2D eigenvalue weighted by Crippen LogP contribution is -2.39. The third-order valence-corrected chi connectivity index (χ3v) is 5.38. The predicted octanol–water partition coefficient (Wildman–Crippen LogP) is 3.54. The fourth-order valence-corrected chi connectivity index (χ4v) is 3.26. The second kappa shape index (κ2) is 7.17. The lowest BCUT2D eigenvalue weighted by Gasteiger charge is -2.23. The SMILES string of the molecule is CC(C)(C)[S@+]([O-])NCc1cc(-c2cc(CO)cc3ccoc23)ccn1. The minimum absolute atomic E-state index is 0.0296. The lowest BCUT2D eigenvalue weighted by atomic mass is 10.0. The summed E-state index contributed by atoms with van der Waals surface area (Å²) in [6.07, 6.45) is 3.37. The van der Waals surface area contributed by atoms with E-state index in [2.05, 4.69) is 9.71 Å². The number of rotatable bonds is 5. The van der Waals surface area contributed by atoms with Crippen molar-refractivity contribution in [1.29, 1.82) is 0 Å². The van der Waals surface area contributed by atoms with E-state index in [9.17, 15) is 9.66 Å². The maximum absolute atomic E-state index is 12.1. The normalized spacial score (nSPS) is 13.3. The smallest absolute Gasteiger partial charge is 0.141 e. The molecule has 0 fully saturated rings. The summed E-state index contributed by atoms with van der Waals surface area (Å²) in [5, 5.41) is 10.4. The monoisotopic (exact) mass is 358 g/mol. The molecule has 2 N–H and O–H groups in total. The molecule has 1 atom stereocenters. The maximum Gasteiger partial charge on any atom is 0.141 e. The largest absolute Gasteiger partial charge is 0.598 e. The highest BCUT2D eigenvalue weighted by molar-refractivity contribution is 7.90. The van der Waals surface area contributed by atoms with Gasteiger partial charge in [-0.1, -0.05) is 0 Å². The van der Waals surface area contributed by atoms with Gasteiger partial charge in [-0.3, -0.25) is 4.98 Å². The van der Waals surface area contributed by atoms with Crippen LogP contribution in [0.4, 0.5) is 0 Å². The first-order valence-corrected chi connectivity index (χ1v) is 9.25. The van der Waals surface area contributed by atoms with Gasteiger partial charge in [0, 0.05) is 28.5 Å². The summed E-state index contributed by atoms with van der Waals surface area (Å²) < 4.78 is 20.5. The molecule has 2 heterocycles. The number of nitrogens with one attached hydrogen (secondary N) is 1. The van der Waals surface area contributed by atoms with E-state index >= 15 is 0 Å². The van der Waals surface area contributed by atoms with Crippen molar-refractivity contribution < 1.29 is 14.1 Å². The van der Waals surface area contributed by atoms with Crippen LogP contribution >= 0.6 is 0 Å². The molecule has 0 saturated carbocycles. The number of benzene rings is 1. The predicted molar refractivity (Wildman–Crippen MR) is 100 cm³/mol. The van der Waals surface area contributed by atoms with Gasteiger partial charge in [-0.05, 0) is 62.2 Å². The molecule has 2 aromatic heterocycles. The summed E-state index contributed by atoms with van der Waals surface area (Å²) in [5.74, 6) is 0. The number of nitrogens with zero attached hydrogens (tertiary/aromatic N) is 1. The zero-order valence-corrected chi connectivity index (χ0v) is 15.4. The Hall–Kier alpha value is -1.86. The molecule has 0 aliphatic heterocycles. The Morgan fingerprint density at radius 3 is 2.76 bits per heavy atom. The van der Waals surface area contributed by atoms with Crippen molar-refractivity contribution >= 4 is 22.3 Å². The topological polar surface area (TPSA) is 81.3 Å². The van der Waals surface area contributed by atoms with Gasteiger partial charge >= 0.3 is 0 Å². The number of hydrogen-bond donors (Lipinski definition) is 2. The quantitative estimate of drug-likeness (QED) is 0.682. The first-order chi connectivity index (χ1) is 11.9. The van der Waals surface area contributed by atoms with Gasteiger partial charge in [-0.25, -0.2) is 0 Å². The Bertz CT molecular complexity index is 870. The van der Waals surface area contributed by atoms with Gasteiger partial charge in [0.25, 0.3) is 0 Å². The van der Waals surface area contributed by atoms with Crippen molar-refractivity contribution in [3.05, 3.63) is 54.0 Å². The van der Waals surface area contributed by atoms with Crippen LogP contribution in [0, 0.1) is 0 Å². The summed E-state index contributed by atoms with van der Waals surface area (Å²) in [6.45, 7) is 6.16. The standard InChI is InChI=1S/C19H22N2O3S/c1-19(2,3)25(23)21-11-16-10-14(4-6-20-16)17-9-13(12-22)8-15-5-7-24-18(15)17/h4-10,21-22H,11-12H2,1-3H3/t25-/m0/s1. The van der Waals surface area contributed by atoms with E-state index in [-0.39, 0.29) is 11.4 Å². The molecule has 0 bridgehead atoms. The highest BCUT2D eigenvalue weighted by atomic mass is 32.2. The van der Waals surface area contributed by atoms with E-state index in [0.29, 0.717) is 6.54 Å². The van der Waals surface area contributed by atoms with Gasteiger partial charge in [-0.15, -0.1) is 4.72 Å². The number of aromatic nitrogens is 1. The van der Waals surface area contributed by atoms with E-state index in [1.807, 2.05) is 51.1 Å². The molecular formula is C19H22N2O3S. The van der Waals surface area contributed by atoms with E-state index in [1.165, 1.54) is 0 Å². The summed E-state index contributed by atoms with van der Waals surface area (Å²) in [6, 6.07) is 9.58. The van der Waals surface area contributed by atoms with E-state index in [4.69, 9.17) is 4.42 Å². The molecule has 5 nitrogen and oxygen atoms in total. The van der Waals surface area contributed by atoms with Crippen molar-refractivity contribution in [1.82, 2.24) is 9.71 Å². The molecule has 0 amide bonds. The number of pyridine rings is 1. The molecule has 25 heavy (non-hydrogen) atoms. The number of aliphatic hydroxyl groups is 1. The van der Waals surface area contributed by atoms with E-state index in [0.717, 1.165) is 33.4 Å². The average Bonchev–Trinajstić information content (AvgIpc) is 3.06. The first kappa shape index (κ1) is 17.9. The molecule has 0 spiro atoms. The number of furan rings is 1. The molecule has 0 radical (unpaired) electrons. The van der Waals surface area contributed by atoms with E-state index in [1.54, 1.807) is 12.5 Å². The number of fused-ring (bicyclic) bond motifs is 1. The van der Waals surface area contributed by atoms with Crippen LogP contribution in [0.25, 0.3) is 22.1 Å². The van der Waals surface area contributed by atoms with Gasteiger partial charge in [0.2, 0.25) is 0 Å². The van der Waals surface area contributed by atoms with Gasteiger partial charge in [0.15, 0.2) is 0 Å². The molecule has 0 unspecified atom stereocenters. The van der Waals surface area contributed by atoms with Crippen LogP contribution in [0.15, 0.2) is 47.2 Å². The Balaban J connectivity index is 1.91. The van der Waals surface area contributed by atoms with Gasteiger partial charge < -0.3 is 14.1 Å². The van der Waals surface area contributed by atoms with Gasteiger partial charge in [-0.2, -0.15) is 0 Å². The average molecular weight is 358 g/mol. The molecule has 6 heteroatoms. The van der Waals surface area contributed by atoms with Crippen LogP contribution < -0.4 is 4.72 Å². The van der Waals surface area contributed by atoms with Crippen molar-refractivity contribution in [3.8, 4) is 11.1 Å². The second-order valence-electron chi connectivity index (χ2n) is 6.88. The molecule has 3 rings (SSSR count). The molecule has 3 aromatic rings. The third-order valence-electron chi connectivity index (χ3n) is 3.86. The van der Waals surface area contributed by atoms with Crippen molar-refractivity contribution in [2.45, 2.75) is 38.7 Å². The molecule has 0 aliphatic carbocycles. The number of hydrogen-bond acceptors (Lipinski definition) is 5. The van der Waals surface area contributed by atoms with Crippen LogP contribution in [0.3, 0.4) is 0 Å². The second-order valence-corrected chi connectivity index (χ2v) is 8.93. The van der Waals surface area contributed by atoms with Crippen LogP contribution in [0.2, 0.25) is 0 Å². The van der Waals surface area contributed by atoms with Crippen molar-refractivity contribution in [2.24, 2.45) is 0 Å². The van der Waals surface area contributed by atoms with Gasteiger partial charge in [0.05, 0.1) is 25.1 Å². The van der Waals surface area contributed by atoms with Crippen LogP contribution in [-0.4, -0.2) is 19.4 Å². The van der Waals surface area contributed by atoms with Crippen molar-refractivity contribution in [3.63, 3.8) is 0 Å². The summed E-state index contributed by atoms with van der Waals surface area (Å²) >= 11 is -1.15. The van der Waals surface area contributed by atoms with Crippen LogP contribution in [-0.2, 0) is 24.5 Å². The first-order valence-electron chi connectivity index (χ1n) is 8.10. The van der Waals surface area contributed by atoms with Crippen LogP contribution in [0.1, 0.15) is 32.0 Å². The minimum atomic E-state index is -1.15. The summed E-state index contributed by atoms with van der Waals surface area (Å²) in [4.78, 5) is 4.35. The molecular weight excluding hydrogens is 336 g/mol. The Labute approximate surface area is 150 Å². The summed E-state index contributed by atoms with van der Waals surface area (Å²) in [7, 11) is 0. The zero-order valence-electron chi connectivity index (χ0n) is 14.6. The molecule has 132 valence electrons. The summed E-state index contributed by atoms with van der Waals surface area (Å²) in [5.41, 5.74) is 4.26. The van der Waals surface area contributed by atoms with E-state index < -0.39 is 11.4 Å². The van der Waals surface area contributed by atoms with Gasteiger partial charge in [0.1, 0.15) is 10.3 Å². The highest BCUT2D eigenvalue weighted by Gasteiger charge is 2.26. The Kier molecular flexibility index (Phi) is 5.15. The van der Waals surface area contributed by atoms with Crippen LogP contribution in [0.5, 0.6) is 0 Å². The molecule has 0 saturated heterocycles. The maximum atomic E-state index is 12.1. The lowest BCUT2D eigenvalue weighted by molar-refractivity contribution is 0.282. The fraction of sp³-hybridized carbons (Fsp3) is 0.316. The fourth-order valence-electron chi connectivity index (χ4n) is 2.55. The molecule has 0 aliphatic rings. The zero-order chi connectivity index (χ0) is 18.0. The molecule has 1 aromatic carbocycles. The Morgan fingerprint density at radius 1 is 1.24 bits per heavy atom. The number of aliphatic hydroxyl groups excluding tert-OH is 1. The Morgan fingerprint density at radius 2 is 2.04 bits per heavy atom. The third kappa shape index (κ3) is 4.04. The highest BCUT2D eigenvalue weighted by Crippen LogP contribution is 2.31. The minimum Gasteiger partial charge on any atom is -0.598 e. The van der Waals surface area contributed by atoms with Crippen molar-refractivity contribution in [2.75, 3.05) is 0 Å².